The SMILES string of the molecule is CCOC(=O)c1csc(=NC(=O)c2ccc(Cl)cc2)o1. The first-order chi connectivity index (χ1) is 9.60. The number of hydrogen-bond acceptors (Lipinski definition) is 5. The Labute approximate surface area is 123 Å². The smallest absolute Gasteiger partial charge is 0.375 e. The van der Waals surface area contributed by atoms with Crippen LogP contribution in [0, 0.1) is 0 Å². The fourth-order valence-corrected chi connectivity index (χ4v) is 2.08. The lowest BCUT2D eigenvalue weighted by molar-refractivity contribution is 0.0486. The Morgan fingerprint density at radius 1 is 1.35 bits per heavy atom. The topological polar surface area (TPSA) is 68.9 Å². The highest BCUT2D eigenvalue weighted by Crippen LogP contribution is 2.10. The van der Waals surface area contributed by atoms with Crippen LogP contribution in [0.3, 0.4) is 0 Å². The summed E-state index contributed by atoms with van der Waals surface area (Å²) in [4.78, 5) is 27.1. The van der Waals surface area contributed by atoms with Gasteiger partial charge >= 0.3 is 5.97 Å². The average molecular weight is 312 g/mol. The predicted molar refractivity (Wildman–Crippen MR) is 73.9 cm³/mol. The van der Waals surface area contributed by atoms with E-state index in [9.17, 15) is 9.59 Å². The zero-order chi connectivity index (χ0) is 14.5. The van der Waals surface area contributed by atoms with E-state index in [2.05, 4.69) is 4.99 Å². The van der Waals surface area contributed by atoms with Gasteiger partial charge in [-0.25, -0.2) is 4.79 Å². The van der Waals surface area contributed by atoms with Crippen molar-refractivity contribution in [3.05, 3.63) is 50.9 Å². The third kappa shape index (κ3) is 3.55. The van der Waals surface area contributed by atoms with Crippen molar-refractivity contribution in [1.82, 2.24) is 0 Å². The number of esters is 1. The standard InChI is InChI=1S/C13H10ClNO4S/c1-2-18-12(17)10-7-20-13(19-10)15-11(16)8-3-5-9(14)6-4-8/h3-7H,2H2,1H3. The van der Waals surface area contributed by atoms with Gasteiger partial charge in [0.1, 0.15) is 0 Å². The van der Waals surface area contributed by atoms with Crippen LogP contribution in [0.1, 0.15) is 27.8 Å². The lowest BCUT2D eigenvalue weighted by atomic mass is 10.2. The summed E-state index contributed by atoms with van der Waals surface area (Å²) in [5.41, 5.74) is 0.385. The van der Waals surface area contributed by atoms with Crippen molar-refractivity contribution in [2.75, 3.05) is 6.61 Å². The Kier molecular flexibility index (Phi) is 4.70. The molecule has 1 aromatic heterocycles. The lowest BCUT2D eigenvalue weighted by Gasteiger charge is -1.95. The average Bonchev–Trinajstić information content (AvgIpc) is 2.88. The minimum Gasteiger partial charge on any atom is -0.460 e. The molecule has 0 N–H and O–H groups in total. The van der Waals surface area contributed by atoms with E-state index in [1.54, 1.807) is 31.2 Å². The minimum absolute atomic E-state index is 0.0273. The largest absolute Gasteiger partial charge is 0.460 e. The number of carbonyl (C=O) groups is 2. The second-order valence-corrected chi connectivity index (χ2v) is 4.87. The summed E-state index contributed by atoms with van der Waals surface area (Å²) in [6, 6.07) is 6.32. The van der Waals surface area contributed by atoms with Gasteiger partial charge in [-0.3, -0.25) is 4.79 Å². The number of halogens is 1. The molecule has 5 nitrogen and oxygen atoms in total. The summed E-state index contributed by atoms with van der Waals surface area (Å²) in [7, 11) is 0. The first-order valence-corrected chi connectivity index (χ1v) is 6.96. The van der Waals surface area contributed by atoms with E-state index in [-0.39, 0.29) is 17.2 Å². The molecule has 0 radical (unpaired) electrons. The summed E-state index contributed by atoms with van der Waals surface area (Å²) in [6.07, 6.45) is 0. The van der Waals surface area contributed by atoms with E-state index in [0.717, 1.165) is 11.3 Å². The molecule has 7 heteroatoms. The molecule has 20 heavy (non-hydrogen) atoms. The molecule has 0 unspecified atom stereocenters. The molecular formula is C13H10ClNO4S. The zero-order valence-electron chi connectivity index (χ0n) is 10.5. The van der Waals surface area contributed by atoms with Crippen LogP contribution in [0.15, 0.2) is 39.1 Å². The lowest BCUT2D eigenvalue weighted by Crippen LogP contribution is -2.05. The normalized spacial score (nSPS) is 11.4. The molecule has 0 aliphatic rings. The first kappa shape index (κ1) is 14.5. The predicted octanol–water partition coefficient (Wildman–Crippen LogP) is 2.91. The van der Waals surface area contributed by atoms with Crippen molar-refractivity contribution in [1.29, 1.82) is 0 Å². The van der Waals surface area contributed by atoms with Crippen LogP contribution in [0.2, 0.25) is 5.02 Å². The minimum atomic E-state index is -0.579. The van der Waals surface area contributed by atoms with Gasteiger partial charge in [0.15, 0.2) is 0 Å². The zero-order valence-corrected chi connectivity index (χ0v) is 12.0. The highest BCUT2D eigenvalue weighted by molar-refractivity contribution is 7.07. The molecule has 1 aromatic carbocycles. The maximum absolute atomic E-state index is 11.9. The van der Waals surface area contributed by atoms with Crippen LogP contribution < -0.4 is 4.87 Å². The number of amides is 1. The van der Waals surface area contributed by atoms with Crippen LogP contribution in [0.25, 0.3) is 0 Å². The number of hydrogen-bond donors (Lipinski definition) is 0. The molecule has 2 rings (SSSR count). The Bertz CT molecular complexity index is 687. The van der Waals surface area contributed by atoms with Crippen LogP contribution >= 0.6 is 22.9 Å². The van der Waals surface area contributed by atoms with E-state index >= 15 is 0 Å². The molecular weight excluding hydrogens is 302 g/mol. The van der Waals surface area contributed by atoms with Crippen molar-refractivity contribution >= 4 is 34.8 Å². The van der Waals surface area contributed by atoms with Gasteiger partial charge in [0.2, 0.25) is 5.76 Å². The molecule has 1 amide bonds. The summed E-state index contributed by atoms with van der Waals surface area (Å²) in [5.74, 6) is -1.02. The van der Waals surface area contributed by atoms with Gasteiger partial charge in [0.05, 0.1) is 6.61 Å². The molecule has 1 heterocycles. The van der Waals surface area contributed by atoms with Crippen molar-refractivity contribution in [2.24, 2.45) is 4.99 Å². The summed E-state index contributed by atoms with van der Waals surface area (Å²) in [5, 5.41) is 1.98. The van der Waals surface area contributed by atoms with Crippen LogP contribution in [0.4, 0.5) is 0 Å². The highest BCUT2D eigenvalue weighted by atomic mass is 35.5. The van der Waals surface area contributed by atoms with Gasteiger partial charge in [-0.05, 0) is 31.2 Å². The van der Waals surface area contributed by atoms with Crippen LogP contribution in [0.5, 0.6) is 0 Å². The highest BCUT2D eigenvalue weighted by Gasteiger charge is 2.11. The van der Waals surface area contributed by atoms with Gasteiger partial charge in [0.25, 0.3) is 10.8 Å². The quantitative estimate of drug-likeness (QED) is 0.817. The molecule has 0 atom stereocenters. The van der Waals surface area contributed by atoms with E-state index in [4.69, 9.17) is 20.8 Å². The molecule has 0 bridgehead atoms. The molecule has 0 saturated heterocycles. The monoisotopic (exact) mass is 311 g/mol. The van der Waals surface area contributed by atoms with E-state index in [1.807, 2.05) is 0 Å². The van der Waals surface area contributed by atoms with Crippen LogP contribution in [-0.4, -0.2) is 18.5 Å². The number of ether oxygens (including phenoxy) is 1. The molecule has 0 saturated carbocycles. The van der Waals surface area contributed by atoms with Crippen molar-refractivity contribution in [2.45, 2.75) is 6.92 Å². The van der Waals surface area contributed by atoms with Crippen molar-refractivity contribution < 1.29 is 18.7 Å². The maximum atomic E-state index is 11.9. The van der Waals surface area contributed by atoms with E-state index in [0.29, 0.717) is 10.6 Å². The number of rotatable bonds is 3. The Morgan fingerprint density at radius 3 is 2.70 bits per heavy atom. The molecule has 0 aliphatic heterocycles. The Morgan fingerprint density at radius 2 is 2.05 bits per heavy atom. The molecule has 104 valence electrons. The maximum Gasteiger partial charge on any atom is 0.375 e. The van der Waals surface area contributed by atoms with Gasteiger partial charge in [-0.15, -0.1) is 0 Å². The van der Waals surface area contributed by atoms with E-state index in [1.165, 1.54) is 5.38 Å². The fourth-order valence-electron chi connectivity index (χ4n) is 1.33. The first-order valence-electron chi connectivity index (χ1n) is 5.70. The fraction of sp³-hybridized carbons (Fsp3) is 0.154. The number of nitrogens with zero attached hydrogens (tertiary/aromatic N) is 1. The van der Waals surface area contributed by atoms with Crippen molar-refractivity contribution in [3.8, 4) is 0 Å². The molecule has 2 aromatic rings. The van der Waals surface area contributed by atoms with E-state index < -0.39 is 11.9 Å². The van der Waals surface area contributed by atoms with Crippen LogP contribution in [-0.2, 0) is 4.74 Å². The second kappa shape index (κ2) is 6.49. The van der Waals surface area contributed by atoms with Gasteiger partial charge < -0.3 is 9.15 Å². The summed E-state index contributed by atoms with van der Waals surface area (Å²) >= 11 is 6.78. The molecule has 0 fully saturated rings. The second-order valence-electron chi connectivity index (χ2n) is 3.61. The van der Waals surface area contributed by atoms with Gasteiger partial charge in [0, 0.05) is 16.0 Å². The molecule has 0 spiro atoms. The van der Waals surface area contributed by atoms with Gasteiger partial charge in [-0.1, -0.05) is 22.9 Å². The Balaban J connectivity index is 2.21. The summed E-state index contributed by atoms with van der Waals surface area (Å²) < 4.78 is 9.92. The molecule has 0 aliphatic carbocycles. The third-order valence-electron chi connectivity index (χ3n) is 2.22. The number of benzene rings is 1. The third-order valence-corrected chi connectivity index (χ3v) is 3.18. The Hall–Kier alpha value is -1.92. The van der Waals surface area contributed by atoms with Gasteiger partial charge in [-0.2, -0.15) is 4.99 Å². The number of carbonyl (C=O) groups excluding carboxylic acids is 2. The summed E-state index contributed by atoms with van der Waals surface area (Å²) in [6.45, 7) is 1.94. The van der Waals surface area contributed by atoms with Crippen molar-refractivity contribution in [3.63, 3.8) is 0 Å².